The van der Waals surface area contributed by atoms with Gasteiger partial charge in [-0.2, -0.15) is 39.5 Å². The van der Waals surface area contributed by atoms with Gasteiger partial charge in [0, 0.05) is 0 Å². The van der Waals surface area contributed by atoms with Gasteiger partial charge in [0.05, 0.1) is 6.04 Å². The molecule has 0 spiro atoms. The summed E-state index contributed by atoms with van der Waals surface area (Å²) >= 11 is 0. The summed E-state index contributed by atoms with van der Waals surface area (Å²) in [7, 11) is 0. The van der Waals surface area contributed by atoms with Crippen LogP contribution in [0.3, 0.4) is 0 Å². The summed E-state index contributed by atoms with van der Waals surface area (Å²) in [6.45, 7) is 0.195. The van der Waals surface area contributed by atoms with Crippen molar-refractivity contribution in [2.75, 3.05) is 0 Å². The summed E-state index contributed by atoms with van der Waals surface area (Å²) in [5, 5.41) is 0. The standard InChI is InChI=1S/C6H6F9N/c1-2(16)3(7,8)4(9,10)5(11,12)6(13,14)15/h2H,16H2,1H3. The summed E-state index contributed by atoms with van der Waals surface area (Å²) in [4.78, 5) is 0. The van der Waals surface area contributed by atoms with E-state index in [0.29, 0.717) is 0 Å². The van der Waals surface area contributed by atoms with Gasteiger partial charge >= 0.3 is 23.9 Å². The Balaban J connectivity index is 5.53. The fraction of sp³-hybridized carbons (Fsp3) is 1.00. The third-order valence-electron chi connectivity index (χ3n) is 1.74. The topological polar surface area (TPSA) is 26.0 Å². The molecule has 0 amide bonds. The van der Waals surface area contributed by atoms with Crippen LogP contribution >= 0.6 is 0 Å². The second kappa shape index (κ2) is 3.67. The van der Waals surface area contributed by atoms with Crippen LogP contribution in [0, 0.1) is 0 Å². The molecule has 1 unspecified atom stereocenters. The van der Waals surface area contributed by atoms with E-state index in [0.717, 1.165) is 0 Å². The van der Waals surface area contributed by atoms with E-state index in [1.54, 1.807) is 0 Å². The fourth-order valence-corrected chi connectivity index (χ4v) is 0.673. The van der Waals surface area contributed by atoms with E-state index in [9.17, 15) is 39.5 Å². The lowest BCUT2D eigenvalue weighted by Gasteiger charge is -2.35. The van der Waals surface area contributed by atoms with Crippen LogP contribution < -0.4 is 5.73 Å². The average molecular weight is 263 g/mol. The Morgan fingerprint density at radius 3 is 1.25 bits per heavy atom. The zero-order valence-corrected chi connectivity index (χ0v) is 7.56. The Hall–Kier alpha value is -0.670. The average Bonchev–Trinajstić information content (AvgIpc) is 2.00. The lowest BCUT2D eigenvalue weighted by molar-refractivity contribution is -0.397. The normalized spacial score (nSPS) is 17.4. The molecule has 0 aliphatic rings. The van der Waals surface area contributed by atoms with Crippen LogP contribution in [-0.2, 0) is 0 Å². The van der Waals surface area contributed by atoms with E-state index >= 15 is 0 Å². The summed E-state index contributed by atoms with van der Waals surface area (Å²) in [6.07, 6.45) is -6.80. The fourth-order valence-electron chi connectivity index (χ4n) is 0.673. The first-order valence-corrected chi connectivity index (χ1v) is 3.65. The minimum Gasteiger partial charge on any atom is -0.323 e. The van der Waals surface area contributed by atoms with Crippen molar-refractivity contribution in [2.45, 2.75) is 36.9 Å². The first kappa shape index (κ1) is 15.3. The molecule has 0 aliphatic carbocycles. The molecule has 1 nitrogen and oxygen atoms in total. The minimum absolute atomic E-state index is 0.195. The maximum atomic E-state index is 12.5. The van der Waals surface area contributed by atoms with Crippen LogP contribution in [0.2, 0.25) is 0 Å². The second-order valence-electron chi connectivity index (χ2n) is 3.06. The van der Waals surface area contributed by atoms with Crippen molar-refractivity contribution in [1.82, 2.24) is 0 Å². The number of nitrogens with two attached hydrogens (primary N) is 1. The van der Waals surface area contributed by atoms with E-state index < -0.39 is 30.0 Å². The molecule has 0 radical (unpaired) electrons. The second-order valence-corrected chi connectivity index (χ2v) is 3.06. The van der Waals surface area contributed by atoms with Crippen molar-refractivity contribution in [3.63, 3.8) is 0 Å². The van der Waals surface area contributed by atoms with Gasteiger partial charge in [0.1, 0.15) is 0 Å². The van der Waals surface area contributed by atoms with E-state index in [2.05, 4.69) is 5.73 Å². The highest BCUT2D eigenvalue weighted by Gasteiger charge is 2.82. The highest BCUT2D eigenvalue weighted by atomic mass is 19.4. The van der Waals surface area contributed by atoms with Crippen molar-refractivity contribution in [1.29, 1.82) is 0 Å². The van der Waals surface area contributed by atoms with Crippen LogP contribution in [0.1, 0.15) is 6.92 Å². The molecular weight excluding hydrogens is 257 g/mol. The molecule has 0 aliphatic heterocycles. The van der Waals surface area contributed by atoms with Gasteiger partial charge in [0.15, 0.2) is 0 Å². The maximum absolute atomic E-state index is 12.5. The van der Waals surface area contributed by atoms with Crippen LogP contribution in [0.25, 0.3) is 0 Å². The molecule has 0 heterocycles. The molecule has 0 aromatic rings. The van der Waals surface area contributed by atoms with Gasteiger partial charge in [-0.05, 0) is 6.92 Å². The number of hydrogen-bond acceptors (Lipinski definition) is 1. The Labute approximate surface area is 83.4 Å². The molecule has 0 rings (SSSR count). The Kier molecular flexibility index (Phi) is 3.52. The lowest BCUT2D eigenvalue weighted by atomic mass is 9.99. The Bertz CT molecular complexity index is 253. The molecule has 0 fully saturated rings. The number of alkyl halides is 9. The molecule has 0 aromatic carbocycles. The quantitative estimate of drug-likeness (QED) is 0.778. The highest BCUT2D eigenvalue weighted by molar-refractivity contribution is 5.03. The predicted molar refractivity (Wildman–Crippen MR) is 34.5 cm³/mol. The van der Waals surface area contributed by atoms with Gasteiger partial charge in [0.25, 0.3) is 0 Å². The molecule has 2 N–H and O–H groups in total. The van der Waals surface area contributed by atoms with Gasteiger partial charge in [0.2, 0.25) is 0 Å². The van der Waals surface area contributed by atoms with Crippen molar-refractivity contribution >= 4 is 0 Å². The Morgan fingerprint density at radius 2 is 1.06 bits per heavy atom. The highest BCUT2D eigenvalue weighted by Crippen LogP contribution is 2.53. The summed E-state index contributed by atoms with van der Waals surface area (Å²) in [5.74, 6) is -19.2. The molecule has 16 heavy (non-hydrogen) atoms. The lowest BCUT2D eigenvalue weighted by Crippen LogP contribution is -2.65. The third kappa shape index (κ3) is 1.94. The van der Waals surface area contributed by atoms with Gasteiger partial charge in [-0.3, -0.25) is 0 Å². The first-order valence-electron chi connectivity index (χ1n) is 3.65. The smallest absolute Gasteiger partial charge is 0.323 e. The van der Waals surface area contributed by atoms with Crippen LogP contribution in [0.5, 0.6) is 0 Å². The van der Waals surface area contributed by atoms with Gasteiger partial charge < -0.3 is 5.73 Å². The van der Waals surface area contributed by atoms with Crippen LogP contribution in [-0.4, -0.2) is 30.0 Å². The summed E-state index contributed by atoms with van der Waals surface area (Å²) in [5.41, 5.74) is 4.27. The number of halogens is 9. The minimum atomic E-state index is -6.86. The monoisotopic (exact) mass is 263 g/mol. The molecule has 0 saturated carbocycles. The molecule has 0 aromatic heterocycles. The van der Waals surface area contributed by atoms with Crippen molar-refractivity contribution in [2.24, 2.45) is 5.73 Å². The van der Waals surface area contributed by atoms with E-state index in [4.69, 9.17) is 0 Å². The van der Waals surface area contributed by atoms with Gasteiger partial charge in [-0.25, -0.2) is 0 Å². The van der Waals surface area contributed by atoms with Crippen molar-refractivity contribution < 1.29 is 39.5 Å². The molecule has 0 bridgehead atoms. The maximum Gasteiger partial charge on any atom is 0.460 e. The zero-order valence-electron chi connectivity index (χ0n) is 7.56. The van der Waals surface area contributed by atoms with Crippen LogP contribution in [0.15, 0.2) is 0 Å². The van der Waals surface area contributed by atoms with Crippen molar-refractivity contribution in [3.8, 4) is 0 Å². The number of hydrogen-bond donors (Lipinski definition) is 1. The largest absolute Gasteiger partial charge is 0.460 e. The molecule has 98 valence electrons. The predicted octanol–water partition coefficient (Wildman–Crippen LogP) is 2.80. The van der Waals surface area contributed by atoms with E-state index in [-0.39, 0.29) is 6.92 Å². The first-order chi connectivity index (χ1) is 6.69. The van der Waals surface area contributed by atoms with Crippen LogP contribution in [0.4, 0.5) is 39.5 Å². The molecular formula is C6H6F9N. The SMILES string of the molecule is CC(N)C(F)(F)C(F)(F)C(F)(F)C(F)(F)F. The molecule has 0 saturated heterocycles. The third-order valence-corrected chi connectivity index (χ3v) is 1.74. The Morgan fingerprint density at radius 1 is 0.750 bits per heavy atom. The summed E-state index contributed by atoms with van der Waals surface area (Å²) < 4.78 is 109. The number of rotatable bonds is 3. The summed E-state index contributed by atoms with van der Waals surface area (Å²) in [6, 6.07) is -2.87. The zero-order chi connectivity index (χ0) is 13.6. The molecule has 1 atom stereocenters. The van der Waals surface area contributed by atoms with Crippen molar-refractivity contribution in [3.05, 3.63) is 0 Å². The van der Waals surface area contributed by atoms with E-state index in [1.807, 2.05) is 0 Å². The van der Waals surface area contributed by atoms with Gasteiger partial charge in [-0.15, -0.1) is 0 Å². The molecule has 10 heteroatoms. The van der Waals surface area contributed by atoms with Gasteiger partial charge in [-0.1, -0.05) is 0 Å². The van der Waals surface area contributed by atoms with E-state index in [1.165, 1.54) is 0 Å².